The number of aliphatic carboxylic acids is 2. The third-order valence-electron chi connectivity index (χ3n) is 13.6. The first-order valence-electron chi connectivity index (χ1n) is 27.7. The van der Waals surface area contributed by atoms with Crippen LogP contribution in [0.2, 0.25) is 0 Å². The molecular weight excluding hydrogens is 1110 g/mol. The van der Waals surface area contributed by atoms with Crippen LogP contribution in [-0.4, -0.2) is 181 Å². The number of nitrogens with two attached hydrogens (primary N) is 1. The number of alkyl carbamates (subject to hydrolysis) is 2. The van der Waals surface area contributed by atoms with Crippen molar-refractivity contribution in [2.24, 2.45) is 5.73 Å². The highest BCUT2D eigenvalue weighted by molar-refractivity contribution is 5.88. The van der Waals surface area contributed by atoms with Crippen LogP contribution in [0.5, 0.6) is 0 Å². The van der Waals surface area contributed by atoms with Crippen LogP contribution in [0.4, 0.5) is 9.59 Å². The zero-order valence-corrected chi connectivity index (χ0v) is 49.3. The van der Waals surface area contributed by atoms with Gasteiger partial charge in [-0.05, 0) is 77.5 Å². The first kappa shape index (κ1) is 65.7. The van der Waals surface area contributed by atoms with Crippen LogP contribution < -0.4 is 21.7 Å². The molecular formula is C60H76N12O14. The largest absolute Gasteiger partial charge is 0.480 e. The molecule has 0 spiro atoms. The van der Waals surface area contributed by atoms with Crippen LogP contribution in [0.15, 0.2) is 110 Å². The maximum Gasteiger partial charge on any atom is 0.408 e. The zero-order valence-electron chi connectivity index (χ0n) is 49.3. The van der Waals surface area contributed by atoms with Gasteiger partial charge < -0.3 is 75.6 Å². The molecule has 3 saturated heterocycles. The van der Waals surface area contributed by atoms with E-state index in [0.29, 0.717) is 37.5 Å². The number of carboxylic acids is 2. The molecule has 460 valence electrons. The third-order valence-corrected chi connectivity index (χ3v) is 13.6. The molecule has 26 nitrogen and oxygen atoms in total. The standard InChI is InChI=1S/C22H28N4O5.C16H18N4O3.C15H17N3O2.C7H13NO4/c1-22(2,3)31-21(29)24-12-18(27)26-13-15(10-17(26)20(28)30-4)19-23-11-16(25-19)14-8-6-5-7-9-14;17-7-14(21)20-9-11(6-13(20)16(22)23)15-18-8-12(19-15)10-4-2-1-3-5-10;1-20-15(19)12-7-11(8-16-12)14-17-9-13(18-14)10-5-3-2-4-6-10;1-7(2,3)12-6(11)8-4-5(9)10/h5-9,11,15,17H,10,12-13H2,1-4H3,(H,23,25)(H,24,29);1-5,8,11,13H,6-7,9,17H2,(H,18,19)(H,22,23);2-6,9,11-12,16H,7-8H2,1H3,(H,17,18);4H2,1-3H3,(H,8,11)(H,9,10)/t15-,17+;11-,13+;11-,12+;/m111./s1. The molecule has 3 aromatic heterocycles. The number of hydrogen-bond donors (Lipinski definition) is 9. The molecule has 0 aliphatic carbocycles. The molecule has 6 heterocycles. The van der Waals surface area contributed by atoms with Crippen molar-refractivity contribution in [2.45, 2.75) is 108 Å². The normalized spacial score (nSPS) is 18.8. The average molecular weight is 1190 g/mol. The van der Waals surface area contributed by atoms with Gasteiger partial charge in [0, 0.05) is 37.4 Å². The molecule has 10 N–H and O–H groups in total. The van der Waals surface area contributed by atoms with Gasteiger partial charge in [-0.2, -0.15) is 0 Å². The second-order valence-electron chi connectivity index (χ2n) is 22.2. The summed E-state index contributed by atoms with van der Waals surface area (Å²) in [5.41, 5.74) is 9.96. The van der Waals surface area contributed by atoms with Gasteiger partial charge >= 0.3 is 36.1 Å². The zero-order chi connectivity index (χ0) is 62.7. The summed E-state index contributed by atoms with van der Waals surface area (Å²) in [6.45, 7) is 10.8. The molecule has 3 aromatic carbocycles. The first-order valence-corrected chi connectivity index (χ1v) is 27.7. The number of amides is 4. The number of imidazole rings is 3. The Morgan fingerprint density at radius 2 is 0.953 bits per heavy atom. The molecule has 9 rings (SSSR count). The summed E-state index contributed by atoms with van der Waals surface area (Å²) >= 11 is 0. The molecule has 0 bridgehead atoms. The van der Waals surface area contributed by atoms with Crippen LogP contribution >= 0.6 is 0 Å². The van der Waals surface area contributed by atoms with Crippen molar-refractivity contribution in [3.05, 3.63) is 127 Å². The van der Waals surface area contributed by atoms with Crippen LogP contribution in [-0.2, 0) is 47.7 Å². The third kappa shape index (κ3) is 19.3. The van der Waals surface area contributed by atoms with E-state index in [0.717, 1.165) is 46.1 Å². The Labute approximate surface area is 497 Å². The number of nitrogens with one attached hydrogen (secondary N) is 6. The minimum absolute atomic E-state index is 0.135. The van der Waals surface area contributed by atoms with Gasteiger partial charge in [-0.1, -0.05) is 91.0 Å². The van der Waals surface area contributed by atoms with Crippen molar-refractivity contribution in [1.82, 2.24) is 55.7 Å². The lowest BCUT2D eigenvalue weighted by molar-refractivity contribution is -0.150. The lowest BCUT2D eigenvalue weighted by Gasteiger charge is -2.23. The molecule has 0 radical (unpaired) electrons. The first-order chi connectivity index (χ1) is 40.9. The number of aromatic nitrogens is 6. The van der Waals surface area contributed by atoms with Crippen LogP contribution in [0.3, 0.4) is 0 Å². The lowest BCUT2D eigenvalue weighted by Crippen LogP contribution is -2.46. The fraction of sp³-hybridized carbons (Fsp3) is 0.417. The minimum Gasteiger partial charge on any atom is -0.480 e. The number of carbonyl (C=O) groups excluding carboxylic acids is 6. The highest BCUT2D eigenvalue weighted by Crippen LogP contribution is 2.34. The summed E-state index contributed by atoms with van der Waals surface area (Å²) in [7, 11) is 2.70. The highest BCUT2D eigenvalue weighted by atomic mass is 16.6. The number of esters is 2. The van der Waals surface area contributed by atoms with Gasteiger partial charge in [0.15, 0.2) is 0 Å². The number of hydrogen-bond acceptors (Lipinski definition) is 17. The summed E-state index contributed by atoms with van der Waals surface area (Å²) in [6, 6.07) is 27.8. The number of carbonyl (C=O) groups is 8. The van der Waals surface area contributed by atoms with Crippen LogP contribution in [0.1, 0.15) is 96.0 Å². The predicted octanol–water partition coefficient (Wildman–Crippen LogP) is 5.55. The molecule has 86 heavy (non-hydrogen) atoms. The van der Waals surface area contributed by atoms with Crippen LogP contribution in [0, 0.1) is 0 Å². The smallest absolute Gasteiger partial charge is 0.408 e. The maximum atomic E-state index is 12.8. The lowest BCUT2D eigenvalue weighted by atomic mass is 10.1. The summed E-state index contributed by atoms with van der Waals surface area (Å²) in [5.74, 6) is -1.32. The van der Waals surface area contributed by atoms with Gasteiger partial charge in [0.1, 0.15) is 59.9 Å². The minimum atomic E-state index is -1.10. The number of H-pyrrole nitrogens is 3. The fourth-order valence-electron chi connectivity index (χ4n) is 9.55. The van der Waals surface area contributed by atoms with E-state index < -0.39 is 65.8 Å². The fourth-order valence-corrected chi connectivity index (χ4v) is 9.55. The van der Waals surface area contributed by atoms with Crippen LogP contribution in [0.25, 0.3) is 33.8 Å². The molecule has 3 aliphatic heterocycles. The summed E-state index contributed by atoms with van der Waals surface area (Å²) in [4.78, 5) is 118. The summed E-state index contributed by atoms with van der Waals surface area (Å²) in [5, 5.41) is 25.2. The monoisotopic (exact) mass is 1190 g/mol. The van der Waals surface area contributed by atoms with E-state index in [2.05, 4.69) is 45.9 Å². The van der Waals surface area contributed by atoms with Gasteiger partial charge in [-0.3, -0.25) is 19.2 Å². The number of carboxylic acid groups (broad SMARTS) is 2. The SMILES string of the molecule is CC(C)(C)OC(=O)NCC(=O)O.COC(=O)[C@@H]1C[C@@H](c2ncc(-c3ccccc3)[nH]2)CN1.COC(=O)[C@@H]1C[C@@H](c2ncc(-c3ccccc3)[nH]2)CN1C(=O)CNC(=O)OC(C)(C)C.NCC(=O)N1C[C@H](c2ncc(-c3ccccc3)[nH]2)C[C@H]1C(=O)O. The van der Waals surface area contributed by atoms with E-state index >= 15 is 0 Å². The Morgan fingerprint density at radius 1 is 0.558 bits per heavy atom. The van der Waals surface area contributed by atoms with Crippen molar-refractivity contribution in [3.8, 4) is 33.8 Å². The quantitative estimate of drug-likeness (QED) is 0.0476. The second kappa shape index (κ2) is 30.4. The Kier molecular flexibility index (Phi) is 23.2. The molecule has 0 unspecified atom stereocenters. The Hall–Kier alpha value is -9.43. The molecule has 3 fully saturated rings. The number of benzene rings is 3. The van der Waals surface area contributed by atoms with Crippen molar-refractivity contribution in [2.75, 3.05) is 53.5 Å². The molecule has 26 heteroatoms. The van der Waals surface area contributed by atoms with Gasteiger partial charge in [0.25, 0.3) is 0 Å². The van der Waals surface area contributed by atoms with E-state index in [-0.39, 0.29) is 55.3 Å². The second-order valence-corrected chi connectivity index (χ2v) is 22.2. The number of aromatic amines is 3. The number of methoxy groups -OCH3 is 2. The van der Waals surface area contributed by atoms with Crippen molar-refractivity contribution in [1.29, 1.82) is 0 Å². The Morgan fingerprint density at radius 3 is 1.34 bits per heavy atom. The van der Waals surface area contributed by atoms with E-state index in [1.807, 2.05) is 97.2 Å². The highest BCUT2D eigenvalue weighted by Gasteiger charge is 2.43. The number of nitrogens with zero attached hydrogens (tertiary/aromatic N) is 5. The molecule has 3 aliphatic rings. The maximum absolute atomic E-state index is 12.8. The molecule has 6 atom stereocenters. The number of rotatable bonds is 14. The summed E-state index contributed by atoms with van der Waals surface area (Å²) < 4.78 is 19.6. The Bertz CT molecular complexity index is 3230. The number of likely N-dealkylation sites (tertiary alicyclic amines) is 2. The van der Waals surface area contributed by atoms with E-state index in [4.69, 9.17) is 29.8 Å². The molecule has 6 aromatic rings. The predicted molar refractivity (Wildman–Crippen MR) is 314 cm³/mol. The topological polar surface area (TPSA) is 369 Å². The summed E-state index contributed by atoms with van der Waals surface area (Å²) in [6.07, 6.45) is 5.34. The molecule has 4 amide bonds. The number of ether oxygens (including phenoxy) is 4. The van der Waals surface area contributed by atoms with Crippen molar-refractivity contribution >= 4 is 47.9 Å². The van der Waals surface area contributed by atoms with E-state index in [1.165, 1.54) is 24.0 Å². The van der Waals surface area contributed by atoms with Crippen molar-refractivity contribution < 1.29 is 67.5 Å². The van der Waals surface area contributed by atoms with E-state index in [1.54, 1.807) is 53.9 Å². The van der Waals surface area contributed by atoms with E-state index in [9.17, 15) is 43.5 Å². The average Bonchev–Trinajstić information content (AvgIpc) is 3.11. The van der Waals surface area contributed by atoms with Gasteiger partial charge in [0.2, 0.25) is 11.8 Å². The van der Waals surface area contributed by atoms with Gasteiger partial charge in [-0.25, -0.2) is 34.1 Å². The van der Waals surface area contributed by atoms with Crippen molar-refractivity contribution in [3.63, 3.8) is 0 Å². The Balaban J connectivity index is 0.000000192. The molecule has 0 saturated carbocycles. The van der Waals surface area contributed by atoms with Gasteiger partial charge in [-0.15, -0.1) is 0 Å². The van der Waals surface area contributed by atoms with Gasteiger partial charge in [0.05, 0.1) is 56.4 Å².